The lowest BCUT2D eigenvalue weighted by Crippen LogP contribution is -2.31. The molecule has 1 fully saturated rings. The molecule has 0 radical (unpaired) electrons. The van der Waals surface area contributed by atoms with Crippen LogP contribution in [-0.2, 0) is 23.0 Å². The predicted molar refractivity (Wildman–Crippen MR) is 120 cm³/mol. The van der Waals surface area contributed by atoms with E-state index in [1.54, 1.807) is 12.1 Å². The number of rotatable bonds is 8. The molecule has 0 saturated carbocycles. The van der Waals surface area contributed by atoms with E-state index in [2.05, 4.69) is 20.9 Å². The number of fused-ring (bicyclic) bond motifs is 1. The molecule has 0 aliphatic carbocycles. The van der Waals surface area contributed by atoms with Crippen molar-refractivity contribution in [2.75, 3.05) is 51.8 Å². The van der Waals surface area contributed by atoms with Crippen LogP contribution in [0.15, 0.2) is 35.4 Å². The Bertz CT molecular complexity index is 989. The molecule has 2 aliphatic heterocycles. The van der Waals surface area contributed by atoms with Gasteiger partial charge in [-0.25, -0.2) is 22.7 Å². The van der Waals surface area contributed by atoms with Crippen molar-refractivity contribution in [1.29, 1.82) is 0 Å². The molecule has 0 atom stereocenters. The molecule has 2 aromatic rings. The Labute approximate surface area is 184 Å². The highest BCUT2D eigenvalue weighted by Crippen LogP contribution is 2.25. The smallest absolute Gasteiger partial charge is 0.244 e. The Morgan fingerprint density at radius 3 is 2.61 bits per heavy atom. The van der Waals surface area contributed by atoms with Crippen molar-refractivity contribution in [1.82, 2.24) is 19.2 Å². The normalized spacial score (nSPS) is 17.2. The van der Waals surface area contributed by atoms with Crippen molar-refractivity contribution >= 4 is 15.8 Å². The Morgan fingerprint density at radius 1 is 1.10 bits per heavy atom. The van der Waals surface area contributed by atoms with Gasteiger partial charge in [0.15, 0.2) is 0 Å². The predicted octanol–water partition coefficient (Wildman–Crippen LogP) is 2.15. The molecule has 0 aromatic carbocycles. The van der Waals surface area contributed by atoms with E-state index in [4.69, 9.17) is 9.72 Å². The number of pyridine rings is 2. The molecule has 0 bridgehead atoms. The van der Waals surface area contributed by atoms with Crippen LogP contribution in [0.1, 0.15) is 30.5 Å². The fourth-order valence-corrected chi connectivity index (χ4v) is 4.91. The lowest BCUT2D eigenvalue weighted by molar-refractivity contribution is 0.256. The van der Waals surface area contributed by atoms with Gasteiger partial charge in [-0.2, -0.15) is 0 Å². The van der Waals surface area contributed by atoms with Gasteiger partial charge in [0.25, 0.3) is 0 Å². The van der Waals surface area contributed by atoms with E-state index in [9.17, 15) is 8.42 Å². The maximum absolute atomic E-state index is 12.2. The molecule has 2 aromatic heterocycles. The minimum absolute atomic E-state index is 0.201. The van der Waals surface area contributed by atoms with Crippen LogP contribution in [0.4, 0.5) is 5.82 Å². The van der Waals surface area contributed by atoms with E-state index < -0.39 is 10.0 Å². The van der Waals surface area contributed by atoms with Gasteiger partial charge in [0.05, 0.1) is 12.3 Å². The number of likely N-dealkylation sites (tertiary alicyclic amines) is 1. The summed E-state index contributed by atoms with van der Waals surface area (Å²) in [5.74, 6) is 1.47. The minimum Gasteiger partial charge on any atom is -0.478 e. The van der Waals surface area contributed by atoms with Crippen LogP contribution in [0.2, 0.25) is 0 Å². The summed E-state index contributed by atoms with van der Waals surface area (Å²) in [6, 6.07) is 7.41. The van der Waals surface area contributed by atoms with Crippen LogP contribution in [-0.4, -0.2) is 74.5 Å². The second-order valence-electron chi connectivity index (χ2n) is 8.32. The van der Waals surface area contributed by atoms with Crippen LogP contribution in [0.3, 0.4) is 0 Å². The third-order valence-corrected chi connectivity index (χ3v) is 7.71. The fourth-order valence-electron chi connectivity index (χ4n) is 4.07. The summed E-state index contributed by atoms with van der Waals surface area (Å²) in [6.07, 6.45) is 5.90. The monoisotopic (exact) mass is 445 g/mol. The number of hydrogen-bond acceptors (Lipinski definition) is 7. The van der Waals surface area contributed by atoms with Gasteiger partial charge in [0.2, 0.25) is 15.9 Å². The SMILES string of the molecule is CN(C)S(=O)(=O)c1ccc(N2CCc3nc(OCCCN4CCCC4)ccc3C2)nc1. The molecule has 31 heavy (non-hydrogen) atoms. The average Bonchev–Trinajstić information content (AvgIpc) is 3.30. The van der Waals surface area contributed by atoms with Gasteiger partial charge in [0, 0.05) is 52.4 Å². The van der Waals surface area contributed by atoms with E-state index in [1.807, 2.05) is 6.07 Å². The summed E-state index contributed by atoms with van der Waals surface area (Å²) >= 11 is 0. The zero-order chi connectivity index (χ0) is 21.8. The van der Waals surface area contributed by atoms with E-state index >= 15 is 0 Å². The van der Waals surface area contributed by atoms with Crippen molar-refractivity contribution in [3.63, 3.8) is 0 Å². The van der Waals surface area contributed by atoms with Crippen LogP contribution >= 0.6 is 0 Å². The van der Waals surface area contributed by atoms with Gasteiger partial charge in [-0.3, -0.25) is 0 Å². The molecule has 0 spiro atoms. The van der Waals surface area contributed by atoms with E-state index in [0.29, 0.717) is 19.0 Å². The molecular formula is C22H31N5O3S. The third kappa shape index (κ3) is 5.16. The maximum Gasteiger partial charge on any atom is 0.244 e. The van der Waals surface area contributed by atoms with Crippen LogP contribution in [0.25, 0.3) is 0 Å². The molecule has 4 heterocycles. The first-order valence-electron chi connectivity index (χ1n) is 10.9. The van der Waals surface area contributed by atoms with Gasteiger partial charge in [-0.15, -0.1) is 0 Å². The van der Waals surface area contributed by atoms with Crippen molar-refractivity contribution in [3.8, 4) is 5.88 Å². The molecule has 8 nitrogen and oxygen atoms in total. The van der Waals surface area contributed by atoms with Gasteiger partial charge >= 0.3 is 0 Å². The molecule has 0 N–H and O–H groups in total. The Hall–Kier alpha value is -2.23. The zero-order valence-electron chi connectivity index (χ0n) is 18.3. The first-order valence-corrected chi connectivity index (χ1v) is 12.3. The summed E-state index contributed by atoms with van der Waals surface area (Å²) in [6.45, 7) is 5.71. The second-order valence-corrected chi connectivity index (χ2v) is 10.5. The van der Waals surface area contributed by atoms with Gasteiger partial charge in [-0.1, -0.05) is 6.07 Å². The molecular weight excluding hydrogens is 414 g/mol. The molecule has 9 heteroatoms. The van der Waals surface area contributed by atoms with Crippen molar-refractivity contribution < 1.29 is 13.2 Å². The van der Waals surface area contributed by atoms with Crippen molar-refractivity contribution in [3.05, 3.63) is 41.7 Å². The first kappa shape index (κ1) is 22.0. The van der Waals surface area contributed by atoms with Crippen LogP contribution < -0.4 is 9.64 Å². The van der Waals surface area contributed by atoms with E-state index in [-0.39, 0.29) is 4.90 Å². The fraction of sp³-hybridized carbons (Fsp3) is 0.545. The minimum atomic E-state index is -3.47. The van der Waals surface area contributed by atoms with Gasteiger partial charge < -0.3 is 14.5 Å². The highest BCUT2D eigenvalue weighted by molar-refractivity contribution is 7.89. The number of ether oxygens (including phenoxy) is 1. The van der Waals surface area contributed by atoms with E-state index in [1.165, 1.54) is 50.5 Å². The van der Waals surface area contributed by atoms with E-state index in [0.717, 1.165) is 43.0 Å². The number of hydrogen-bond donors (Lipinski definition) is 0. The Balaban J connectivity index is 1.33. The summed E-state index contributed by atoms with van der Waals surface area (Å²) in [7, 11) is -0.432. The number of anilines is 1. The maximum atomic E-state index is 12.2. The van der Waals surface area contributed by atoms with Gasteiger partial charge in [0.1, 0.15) is 10.7 Å². The summed E-state index contributed by atoms with van der Waals surface area (Å²) in [5.41, 5.74) is 2.22. The molecule has 0 amide bonds. The average molecular weight is 446 g/mol. The largest absolute Gasteiger partial charge is 0.478 e. The molecule has 0 unspecified atom stereocenters. The van der Waals surface area contributed by atoms with Gasteiger partial charge in [-0.05, 0) is 50.0 Å². The number of aromatic nitrogens is 2. The molecule has 168 valence electrons. The van der Waals surface area contributed by atoms with Crippen LogP contribution in [0, 0.1) is 0 Å². The zero-order valence-corrected chi connectivity index (χ0v) is 19.1. The summed E-state index contributed by atoms with van der Waals surface area (Å²) in [5, 5.41) is 0. The lowest BCUT2D eigenvalue weighted by atomic mass is 10.1. The molecule has 1 saturated heterocycles. The standard InChI is InChI=1S/C22H31N5O3S/c1-25(2)31(28,29)19-7-8-21(23-16-19)27-14-10-20-18(17-27)6-9-22(24-20)30-15-5-13-26-11-3-4-12-26/h6-9,16H,3-5,10-15,17H2,1-2H3. The summed E-state index contributed by atoms with van der Waals surface area (Å²) in [4.78, 5) is 13.9. The quantitative estimate of drug-likeness (QED) is 0.576. The van der Waals surface area contributed by atoms with Crippen LogP contribution in [0.5, 0.6) is 5.88 Å². The molecule has 2 aliphatic rings. The topological polar surface area (TPSA) is 78.9 Å². The second kappa shape index (κ2) is 9.50. The highest BCUT2D eigenvalue weighted by Gasteiger charge is 2.21. The van der Waals surface area contributed by atoms with Crippen molar-refractivity contribution in [2.45, 2.75) is 37.1 Å². The number of nitrogens with zero attached hydrogens (tertiary/aromatic N) is 5. The Kier molecular flexibility index (Phi) is 6.74. The highest BCUT2D eigenvalue weighted by atomic mass is 32.2. The number of sulfonamides is 1. The third-order valence-electron chi connectivity index (χ3n) is 5.91. The lowest BCUT2D eigenvalue weighted by Gasteiger charge is -2.29. The molecule has 4 rings (SSSR count). The summed E-state index contributed by atoms with van der Waals surface area (Å²) < 4.78 is 31.5. The Morgan fingerprint density at radius 2 is 1.90 bits per heavy atom. The first-order chi connectivity index (χ1) is 14.9. The van der Waals surface area contributed by atoms with Crippen molar-refractivity contribution in [2.24, 2.45) is 0 Å².